The number of piperidine rings is 1. The third-order valence-electron chi connectivity index (χ3n) is 8.34. The fourth-order valence-corrected chi connectivity index (χ4v) is 6.74. The van der Waals surface area contributed by atoms with E-state index in [2.05, 4.69) is 21.7 Å². The standard InChI is InChI=1S/C21H33N3O2/c1-22-14-17-20(8-12-23(13-9-20)18(25)16-4-5-16)6-7-21(17,15-22)19(26)24-10-2-3-11-24/h16-17H,2-15H2,1H3/t17-,21+/m0/s1. The number of nitrogens with zero attached hydrogens (tertiary/aromatic N) is 3. The van der Waals surface area contributed by atoms with Gasteiger partial charge in [0.25, 0.3) is 0 Å². The van der Waals surface area contributed by atoms with E-state index in [1.165, 1.54) is 19.3 Å². The van der Waals surface area contributed by atoms with Crippen LogP contribution in [0.3, 0.4) is 0 Å². The van der Waals surface area contributed by atoms with Gasteiger partial charge in [-0.25, -0.2) is 0 Å². The molecule has 3 saturated heterocycles. The van der Waals surface area contributed by atoms with Crippen molar-refractivity contribution < 1.29 is 9.59 Å². The molecule has 3 aliphatic heterocycles. The highest BCUT2D eigenvalue weighted by atomic mass is 16.2. The molecule has 0 unspecified atom stereocenters. The Bertz CT molecular complexity index is 602. The van der Waals surface area contributed by atoms with Gasteiger partial charge in [-0.2, -0.15) is 0 Å². The van der Waals surface area contributed by atoms with Gasteiger partial charge >= 0.3 is 0 Å². The molecule has 5 heteroatoms. The van der Waals surface area contributed by atoms with Crippen molar-refractivity contribution in [3.63, 3.8) is 0 Å². The number of likely N-dealkylation sites (tertiary alicyclic amines) is 3. The predicted octanol–water partition coefficient (Wildman–Crippen LogP) is 1.97. The lowest BCUT2D eigenvalue weighted by Crippen LogP contribution is -2.50. The molecule has 26 heavy (non-hydrogen) atoms. The fraction of sp³-hybridized carbons (Fsp3) is 0.905. The molecular weight excluding hydrogens is 326 g/mol. The summed E-state index contributed by atoms with van der Waals surface area (Å²) >= 11 is 0. The van der Waals surface area contributed by atoms with E-state index in [1.807, 2.05) is 0 Å². The molecule has 5 rings (SSSR count). The number of carbonyl (C=O) groups is 2. The molecule has 2 aliphatic carbocycles. The van der Waals surface area contributed by atoms with Gasteiger partial charge < -0.3 is 14.7 Å². The average molecular weight is 360 g/mol. The van der Waals surface area contributed by atoms with Crippen LogP contribution >= 0.6 is 0 Å². The maximum Gasteiger partial charge on any atom is 0.230 e. The van der Waals surface area contributed by atoms with Gasteiger partial charge in [0.2, 0.25) is 11.8 Å². The Balaban J connectivity index is 1.35. The highest BCUT2D eigenvalue weighted by Gasteiger charge is 2.64. The second kappa shape index (κ2) is 5.95. The minimum Gasteiger partial charge on any atom is -0.342 e. The van der Waals surface area contributed by atoms with Crippen LogP contribution in [0.2, 0.25) is 0 Å². The summed E-state index contributed by atoms with van der Waals surface area (Å²) in [6.07, 6.45) is 9.02. The van der Waals surface area contributed by atoms with Crippen LogP contribution in [-0.4, -0.2) is 72.8 Å². The van der Waals surface area contributed by atoms with Crippen molar-refractivity contribution >= 4 is 11.8 Å². The summed E-state index contributed by atoms with van der Waals surface area (Å²) in [5.74, 6) is 1.69. The maximum atomic E-state index is 13.5. The highest BCUT2D eigenvalue weighted by molar-refractivity contribution is 5.85. The van der Waals surface area contributed by atoms with Crippen molar-refractivity contribution in [3.8, 4) is 0 Å². The van der Waals surface area contributed by atoms with E-state index in [1.54, 1.807) is 0 Å². The molecule has 0 N–H and O–H groups in total. The van der Waals surface area contributed by atoms with E-state index < -0.39 is 0 Å². The highest BCUT2D eigenvalue weighted by Crippen LogP contribution is 2.62. The molecule has 2 amide bonds. The summed E-state index contributed by atoms with van der Waals surface area (Å²) in [6.45, 7) is 5.78. The third-order valence-corrected chi connectivity index (χ3v) is 8.34. The number of hydrogen-bond donors (Lipinski definition) is 0. The Morgan fingerprint density at radius 3 is 2.23 bits per heavy atom. The summed E-state index contributed by atoms with van der Waals surface area (Å²) in [5.41, 5.74) is 0.155. The van der Waals surface area contributed by atoms with Gasteiger partial charge in [0.05, 0.1) is 5.41 Å². The molecule has 2 saturated carbocycles. The van der Waals surface area contributed by atoms with Gasteiger partial charge in [-0.3, -0.25) is 9.59 Å². The molecule has 0 aromatic carbocycles. The second-order valence-electron chi connectivity index (χ2n) is 9.87. The van der Waals surface area contributed by atoms with E-state index in [4.69, 9.17) is 0 Å². The zero-order valence-corrected chi connectivity index (χ0v) is 16.2. The summed E-state index contributed by atoms with van der Waals surface area (Å²) < 4.78 is 0. The predicted molar refractivity (Wildman–Crippen MR) is 99.4 cm³/mol. The topological polar surface area (TPSA) is 43.9 Å². The van der Waals surface area contributed by atoms with Crippen LogP contribution in [0.15, 0.2) is 0 Å². The van der Waals surface area contributed by atoms with Crippen molar-refractivity contribution in [1.29, 1.82) is 0 Å². The molecule has 3 heterocycles. The zero-order chi connectivity index (χ0) is 17.9. The molecule has 0 aromatic rings. The van der Waals surface area contributed by atoms with E-state index in [0.717, 1.165) is 71.4 Å². The van der Waals surface area contributed by atoms with Gasteiger partial charge in [0.1, 0.15) is 0 Å². The number of carbonyl (C=O) groups excluding carboxylic acids is 2. The molecule has 1 spiro atoms. The van der Waals surface area contributed by atoms with Gasteiger partial charge in [0, 0.05) is 45.2 Å². The van der Waals surface area contributed by atoms with Crippen LogP contribution < -0.4 is 0 Å². The smallest absolute Gasteiger partial charge is 0.230 e. The third kappa shape index (κ3) is 2.45. The first-order valence-electron chi connectivity index (χ1n) is 10.8. The lowest BCUT2D eigenvalue weighted by atomic mass is 9.65. The monoisotopic (exact) mass is 359 g/mol. The van der Waals surface area contributed by atoms with Crippen molar-refractivity contribution in [1.82, 2.24) is 14.7 Å². The van der Waals surface area contributed by atoms with Crippen LogP contribution in [0.5, 0.6) is 0 Å². The van der Waals surface area contributed by atoms with Crippen LogP contribution in [0.1, 0.15) is 51.4 Å². The average Bonchev–Trinajstić information content (AvgIpc) is 3.12. The van der Waals surface area contributed by atoms with E-state index in [9.17, 15) is 9.59 Å². The number of fused-ring (bicyclic) bond motifs is 2. The van der Waals surface area contributed by atoms with E-state index in [0.29, 0.717) is 29.1 Å². The van der Waals surface area contributed by atoms with Crippen LogP contribution in [0.4, 0.5) is 0 Å². The Hall–Kier alpha value is -1.10. The molecule has 5 fully saturated rings. The summed E-state index contributed by atoms with van der Waals surface area (Å²) in [4.78, 5) is 32.7. The largest absolute Gasteiger partial charge is 0.342 e. The quantitative estimate of drug-likeness (QED) is 0.757. The molecular formula is C21H33N3O2. The Morgan fingerprint density at radius 2 is 1.58 bits per heavy atom. The first-order valence-corrected chi connectivity index (χ1v) is 10.8. The van der Waals surface area contributed by atoms with Crippen LogP contribution in [0, 0.1) is 22.7 Å². The van der Waals surface area contributed by atoms with Crippen molar-refractivity contribution in [2.24, 2.45) is 22.7 Å². The Morgan fingerprint density at radius 1 is 0.885 bits per heavy atom. The Kier molecular flexibility index (Phi) is 3.90. The summed E-state index contributed by atoms with van der Waals surface area (Å²) in [7, 11) is 2.19. The van der Waals surface area contributed by atoms with Crippen molar-refractivity contribution in [2.75, 3.05) is 46.3 Å². The van der Waals surface area contributed by atoms with E-state index in [-0.39, 0.29) is 5.41 Å². The molecule has 2 atom stereocenters. The first kappa shape index (κ1) is 17.0. The Labute approximate surface area is 157 Å². The normalized spacial score (nSPS) is 36.7. The first-order chi connectivity index (χ1) is 12.5. The van der Waals surface area contributed by atoms with Gasteiger partial charge in [-0.05, 0) is 69.7 Å². The molecule has 5 nitrogen and oxygen atoms in total. The molecule has 144 valence electrons. The second-order valence-corrected chi connectivity index (χ2v) is 9.87. The summed E-state index contributed by atoms with van der Waals surface area (Å²) in [5, 5.41) is 0. The lowest BCUT2D eigenvalue weighted by Gasteiger charge is -2.45. The summed E-state index contributed by atoms with van der Waals surface area (Å²) in [6, 6.07) is 0. The van der Waals surface area contributed by atoms with E-state index >= 15 is 0 Å². The van der Waals surface area contributed by atoms with Gasteiger partial charge in [0.15, 0.2) is 0 Å². The molecule has 0 bridgehead atoms. The lowest BCUT2D eigenvalue weighted by molar-refractivity contribution is -0.144. The van der Waals surface area contributed by atoms with Crippen LogP contribution in [0.25, 0.3) is 0 Å². The number of hydrogen-bond acceptors (Lipinski definition) is 3. The SMILES string of the molecule is CN1C[C@H]2C3(CCN(C(=O)C4CC4)CC3)CC[C@@]2(C(=O)N2CCCC2)C1. The maximum absolute atomic E-state index is 13.5. The molecule has 0 radical (unpaired) electrons. The minimum absolute atomic E-state index is 0.137. The number of rotatable bonds is 2. The van der Waals surface area contributed by atoms with Crippen molar-refractivity contribution in [3.05, 3.63) is 0 Å². The van der Waals surface area contributed by atoms with Crippen molar-refractivity contribution in [2.45, 2.75) is 51.4 Å². The number of amides is 2. The van der Waals surface area contributed by atoms with Gasteiger partial charge in [-0.1, -0.05) is 0 Å². The fourth-order valence-electron chi connectivity index (χ4n) is 6.74. The minimum atomic E-state index is -0.137. The van der Waals surface area contributed by atoms with Gasteiger partial charge in [-0.15, -0.1) is 0 Å². The zero-order valence-electron chi connectivity index (χ0n) is 16.2. The molecule has 5 aliphatic rings. The molecule has 0 aromatic heterocycles. The van der Waals surface area contributed by atoms with Crippen LogP contribution in [-0.2, 0) is 9.59 Å².